The van der Waals surface area contributed by atoms with Gasteiger partial charge in [0.2, 0.25) is 5.91 Å². The van der Waals surface area contributed by atoms with E-state index >= 15 is 0 Å². The lowest BCUT2D eigenvalue weighted by atomic mass is 9.79. The predicted molar refractivity (Wildman–Crippen MR) is 118 cm³/mol. The molecule has 1 unspecified atom stereocenters. The van der Waals surface area contributed by atoms with Crippen molar-refractivity contribution in [1.29, 1.82) is 0 Å². The van der Waals surface area contributed by atoms with E-state index in [-0.39, 0.29) is 17.4 Å². The van der Waals surface area contributed by atoms with E-state index in [4.69, 9.17) is 9.72 Å². The van der Waals surface area contributed by atoms with Crippen LogP contribution in [0.2, 0.25) is 0 Å². The zero-order valence-corrected chi connectivity index (χ0v) is 18.5. The topological polar surface area (TPSA) is 101 Å². The maximum absolute atomic E-state index is 12.1. The number of anilines is 1. The highest BCUT2D eigenvalue weighted by Crippen LogP contribution is 2.48. The SMILES string of the molecule is CC1(CC(=O)NC(CCO[C@H]2C[C@H](CCc3ccc4c(n3)NCCC4)C2)C(=O)O)CC1. The summed E-state index contributed by atoms with van der Waals surface area (Å²) in [6, 6.07) is 3.50. The first-order valence-corrected chi connectivity index (χ1v) is 11.8. The quantitative estimate of drug-likeness (QED) is 0.499. The van der Waals surface area contributed by atoms with Crippen molar-refractivity contribution in [2.24, 2.45) is 11.3 Å². The Labute approximate surface area is 184 Å². The first kappa shape index (κ1) is 22.1. The first-order valence-electron chi connectivity index (χ1n) is 11.8. The largest absolute Gasteiger partial charge is 0.480 e. The molecule has 0 aromatic carbocycles. The number of fused-ring (bicyclic) bond motifs is 1. The van der Waals surface area contributed by atoms with Crippen molar-refractivity contribution in [2.75, 3.05) is 18.5 Å². The van der Waals surface area contributed by atoms with Gasteiger partial charge in [-0.05, 0) is 74.3 Å². The molecule has 0 spiro atoms. The van der Waals surface area contributed by atoms with Crippen LogP contribution in [0.4, 0.5) is 5.82 Å². The van der Waals surface area contributed by atoms with Crippen LogP contribution in [0.15, 0.2) is 12.1 Å². The molecule has 4 rings (SSSR count). The zero-order chi connectivity index (χ0) is 21.8. The highest BCUT2D eigenvalue weighted by Gasteiger charge is 2.39. The molecule has 31 heavy (non-hydrogen) atoms. The number of aromatic nitrogens is 1. The summed E-state index contributed by atoms with van der Waals surface area (Å²) in [5, 5.41) is 15.4. The van der Waals surface area contributed by atoms with Crippen LogP contribution in [0.5, 0.6) is 0 Å². The molecule has 7 heteroatoms. The molecule has 3 aliphatic rings. The fourth-order valence-corrected chi connectivity index (χ4v) is 4.54. The number of nitrogens with one attached hydrogen (secondary N) is 2. The number of carboxylic acid groups (broad SMARTS) is 1. The molecule has 2 aliphatic carbocycles. The van der Waals surface area contributed by atoms with Crippen LogP contribution in [0.1, 0.15) is 69.5 Å². The van der Waals surface area contributed by atoms with Gasteiger partial charge in [0.05, 0.1) is 6.10 Å². The summed E-state index contributed by atoms with van der Waals surface area (Å²) < 4.78 is 5.87. The molecule has 1 amide bonds. The molecule has 0 radical (unpaired) electrons. The maximum Gasteiger partial charge on any atom is 0.326 e. The lowest BCUT2D eigenvalue weighted by molar-refractivity contribution is -0.143. The summed E-state index contributed by atoms with van der Waals surface area (Å²) in [5.41, 5.74) is 2.55. The van der Waals surface area contributed by atoms with E-state index < -0.39 is 12.0 Å². The van der Waals surface area contributed by atoms with Gasteiger partial charge < -0.3 is 20.5 Å². The number of carbonyl (C=O) groups excluding carboxylic acids is 1. The van der Waals surface area contributed by atoms with Crippen LogP contribution in [0, 0.1) is 11.3 Å². The van der Waals surface area contributed by atoms with Gasteiger partial charge in [-0.25, -0.2) is 9.78 Å². The predicted octanol–water partition coefficient (Wildman–Crippen LogP) is 3.32. The Balaban J connectivity index is 1.11. The minimum Gasteiger partial charge on any atom is -0.480 e. The van der Waals surface area contributed by atoms with Gasteiger partial charge in [-0.15, -0.1) is 0 Å². The first-order chi connectivity index (χ1) is 14.9. The molecule has 1 atom stereocenters. The molecule has 0 saturated heterocycles. The van der Waals surface area contributed by atoms with E-state index in [0.29, 0.717) is 25.4 Å². The number of rotatable bonds is 11. The molecule has 1 aliphatic heterocycles. The molecule has 2 fully saturated rings. The van der Waals surface area contributed by atoms with Crippen molar-refractivity contribution in [3.8, 4) is 0 Å². The maximum atomic E-state index is 12.1. The third-order valence-corrected chi connectivity index (χ3v) is 7.04. The van der Waals surface area contributed by atoms with Crippen LogP contribution >= 0.6 is 0 Å². The van der Waals surface area contributed by atoms with E-state index in [1.54, 1.807) is 0 Å². The van der Waals surface area contributed by atoms with Crippen molar-refractivity contribution >= 4 is 17.7 Å². The number of hydrogen-bond donors (Lipinski definition) is 3. The minimum absolute atomic E-state index is 0.0791. The average Bonchev–Trinajstić information content (AvgIpc) is 3.44. The normalized spacial score (nSPS) is 24.3. The fraction of sp³-hybridized carbons (Fsp3) is 0.708. The molecule has 1 aromatic rings. The molecule has 2 saturated carbocycles. The van der Waals surface area contributed by atoms with Gasteiger partial charge in [-0.1, -0.05) is 13.0 Å². The second kappa shape index (κ2) is 9.55. The Morgan fingerprint density at radius 2 is 2.16 bits per heavy atom. The van der Waals surface area contributed by atoms with Crippen LogP contribution in [0.3, 0.4) is 0 Å². The lowest BCUT2D eigenvalue weighted by Crippen LogP contribution is -2.42. The van der Waals surface area contributed by atoms with E-state index in [1.165, 1.54) is 12.0 Å². The highest BCUT2D eigenvalue weighted by atomic mass is 16.5. The van der Waals surface area contributed by atoms with E-state index in [2.05, 4.69) is 29.7 Å². The monoisotopic (exact) mass is 429 g/mol. The number of nitrogens with zero attached hydrogens (tertiary/aromatic N) is 1. The smallest absolute Gasteiger partial charge is 0.326 e. The molecule has 3 N–H and O–H groups in total. The van der Waals surface area contributed by atoms with Gasteiger partial charge in [0.25, 0.3) is 0 Å². The third kappa shape index (κ3) is 6.19. The number of ether oxygens (including phenoxy) is 1. The van der Waals surface area contributed by atoms with E-state index in [0.717, 1.165) is 63.0 Å². The van der Waals surface area contributed by atoms with Crippen LogP contribution in [0.25, 0.3) is 0 Å². The fourth-order valence-electron chi connectivity index (χ4n) is 4.54. The zero-order valence-electron chi connectivity index (χ0n) is 18.5. The Morgan fingerprint density at radius 1 is 1.35 bits per heavy atom. The number of carbonyl (C=O) groups is 2. The number of aliphatic carboxylic acids is 1. The summed E-state index contributed by atoms with van der Waals surface area (Å²) in [4.78, 5) is 28.3. The number of carboxylic acids is 1. The number of hydrogen-bond acceptors (Lipinski definition) is 5. The summed E-state index contributed by atoms with van der Waals surface area (Å²) >= 11 is 0. The Hall–Kier alpha value is -2.15. The van der Waals surface area contributed by atoms with Gasteiger partial charge in [0.1, 0.15) is 11.9 Å². The molecule has 1 aromatic heterocycles. The molecule has 7 nitrogen and oxygen atoms in total. The standard InChI is InChI=1S/C24H35N3O4/c1-24(9-10-24)15-21(28)27-20(23(29)30)8-12-31-19-13-16(14-19)4-6-18-7-5-17-3-2-11-25-22(17)26-18/h5,7,16,19-20H,2-4,6,8-15H2,1H3,(H,25,26)(H,27,28)(H,29,30)/t16-,19-,20?. The Morgan fingerprint density at radius 3 is 2.90 bits per heavy atom. The summed E-state index contributed by atoms with van der Waals surface area (Å²) in [7, 11) is 0. The molecule has 170 valence electrons. The lowest BCUT2D eigenvalue weighted by Gasteiger charge is -2.35. The highest BCUT2D eigenvalue weighted by molar-refractivity contribution is 5.84. The minimum atomic E-state index is -0.989. The summed E-state index contributed by atoms with van der Waals surface area (Å²) in [6.07, 6.45) is 9.45. The number of amides is 1. The van der Waals surface area contributed by atoms with Crippen molar-refractivity contribution in [2.45, 2.75) is 83.3 Å². The third-order valence-electron chi connectivity index (χ3n) is 7.04. The van der Waals surface area contributed by atoms with Crippen molar-refractivity contribution in [3.63, 3.8) is 0 Å². The molecule has 2 heterocycles. The van der Waals surface area contributed by atoms with E-state index in [1.807, 2.05) is 0 Å². The van der Waals surface area contributed by atoms with Gasteiger partial charge in [0.15, 0.2) is 0 Å². The van der Waals surface area contributed by atoms with E-state index in [9.17, 15) is 14.7 Å². The molecular weight excluding hydrogens is 394 g/mol. The van der Waals surface area contributed by atoms with Crippen LogP contribution in [-0.4, -0.2) is 47.3 Å². The van der Waals surface area contributed by atoms with Crippen molar-refractivity contribution < 1.29 is 19.4 Å². The van der Waals surface area contributed by atoms with Crippen LogP contribution < -0.4 is 10.6 Å². The summed E-state index contributed by atoms with van der Waals surface area (Å²) in [6.45, 7) is 3.44. The van der Waals surface area contributed by atoms with Gasteiger partial charge >= 0.3 is 5.97 Å². The van der Waals surface area contributed by atoms with Crippen molar-refractivity contribution in [1.82, 2.24) is 10.3 Å². The Kier molecular flexibility index (Phi) is 6.80. The van der Waals surface area contributed by atoms with Gasteiger partial charge in [-0.2, -0.15) is 0 Å². The second-order valence-electron chi connectivity index (χ2n) is 9.94. The van der Waals surface area contributed by atoms with Gasteiger partial charge in [0, 0.05) is 31.7 Å². The second-order valence-corrected chi connectivity index (χ2v) is 9.94. The summed E-state index contributed by atoms with van der Waals surface area (Å²) in [5.74, 6) is 0.549. The molecular formula is C24H35N3O4. The number of pyridine rings is 1. The van der Waals surface area contributed by atoms with Gasteiger partial charge in [-0.3, -0.25) is 4.79 Å². The Bertz CT molecular complexity index is 802. The van der Waals surface area contributed by atoms with Crippen molar-refractivity contribution in [3.05, 3.63) is 23.4 Å². The average molecular weight is 430 g/mol. The molecule has 0 bridgehead atoms. The number of aryl methyl sites for hydroxylation is 2. The van der Waals surface area contributed by atoms with Crippen LogP contribution in [-0.2, 0) is 27.2 Å².